The van der Waals surface area contributed by atoms with E-state index in [9.17, 15) is 8.42 Å². The molecule has 1 N–H and O–H groups in total. The van der Waals surface area contributed by atoms with Crippen LogP contribution in [0.15, 0.2) is 17.0 Å². The molecule has 0 fully saturated rings. The Morgan fingerprint density at radius 1 is 1.30 bits per heavy atom. The maximum Gasteiger partial charge on any atom is 0.244 e. The van der Waals surface area contributed by atoms with Gasteiger partial charge in [0.1, 0.15) is 4.90 Å². The molecule has 0 aliphatic heterocycles. The monoisotopic (exact) mass is 338 g/mol. The van der Waals surface area contributed by atoms with E-state index in [4.69, 9.17) is 23.2 Å². The van der Waals surface area contributed by atoms with Gasteiger partial charge in [0.25, 0.3) is 0 Å². The summed E-state index contributed by atoms with van der Waals surface area (Å²) >= 11 is 12.1. The van der Waals surface area contributed by atoms with Crippen LogP contribution in [-0.2, 0) is 16.6 Å². The van der Waals surface area contributed by atoms with Crippen molar-refractivity contribution in [1.29, 1.82) is 0 Å². The highest BCUT2D eigenvalue weighted by molar-refractivity contribution is 7.89. The molecule has 0 aliphatic rings. The molecule has 7 heteroatoms. The van der Waals surface area contributed by atoms with E-state index in [0.29, 0.717) is 17.1 Å². The number of sulfonamides is 1. The number of halogens is 2. The lowest BCUT2D eigenvalue weighted by atomic mass is 10.2. The Hall–Kier alpha value is -0.330. The predicted molar refractivity (Wildman–Crippen MR) is 83.9 cm³/mol. The van der Waals surface area contributed by atoms with Crippen LogP contribution in [0.3, 0.4) is 0 Å². The first-order chi connectivity index (χ1) is 9.25. The van der Waals surface area contributed by atoms with Gasteiger partial charge in [0.15, 0.2) is 0 Å². The Balaban J connectivity index is 3.34. The van der Waals surface area contributed by atoms with Crippen molar-refractivity contribution >= 4 is 33.2 Å². The highest BCUT2D eigenvalue weighted by atomic mass is 35.5. The summed E-state index contributed by atoms with van der Waals surface area (Å²) in [5.41, 5.74) is 0.703. The molecule has 0 amide bonds. The van der Waals surface area contributed by atoms with Crippen molar-refractivity contribution in [2.24, 2.45) is 0 Å². The zero-order valence-electron chi connectivity index (χ0n) is 12.1. The number of hydrogen-bond donors (Lipinski definition) is 1. The molecule has 0 aromatic heterocycles. The van der Waals surface area contributed by atoms with Crippen LogP contribution in [0.4, 0.5) is 0 Å². The van der Waals surface area contributed by atoms with Crippen LogP contribution in [0.25, 0.3) is 0 Å². The molecule has 0 saturated heterocycles. The molecule has 1 atom stereocenters. The number of nitrogens with one attached hydrogen (secondary N) is 1. The molecular formula is C13H20Cl2N2O2S. The molecule has 1 rings (SSSR count). The van der Waals surface area contributed by atoms with Gasteiger partial charge in [-0.1, -0.05) is 30.1 Å². The third-order valence-electron chi connectivity index (χ3n) is 3.34. The second kappa shape index (κ2) is 7.09. The zero-order valence-corrected chi connectivity index (χ0v) is 14.4. The fourth-order valence-electron chi connectivity index (χ4n) is 1.74. The summed E-state index contributed by atoms with van der Waals surface area (Å²) < 4.78 is 26.5. The normalized spacial score (nSPS) is 13.8. The molecule has 0 radical (unpaired) electrons. The van der Waals surface area contributed by atoms with Crippen LogP contribution in [0.5, 0.6) is 0 Å². The minimum atomic E-state index is -3.62. The first kappa shape index (κ1) is 17.7. The van der Waals surface area contributed by atoms with E-state index >= 15 is 0 Å². The lowest BCUT2D eigenvalue weighted by molar-refractivity contribution is 0.380. The molecule has 1 aromatic rings. The van der Waals surface area contributed by atoms with Gasteiger partial charge in [-0.25, -0.2) is 8.42 Å². The SMILES string of the molecule is CCC(C)N(C)S(=O)(=O)c1cc(CNC)c(Cl)cc1Cl. The predicted octanol–water partition coefficient (Wildman–Crippen LogP) is 3.13. The van der Waals surface area contributed by atoms with Gasteiger partial charge in [-0.15, -0.1) is 0 Å². The van der Waals surface area contributed by atoms with Gasteiger partial charge < -0.3 is 5.32 Å². The van der Waals surface area contributed by atoms with Crippen molar-refractivity contribution in [2.45, 2.75) is 37.8 Å². The fraction of sp³-hybridized carbons (Fsp3) is 0.538. The Morgan fingerprint density at radius 3 is 2.40 bits per heavy atom. The van der Waals surface area contributed by atoms with E-state index in [1.807, 2.05) is 13.8 Å². The first-order valence-corrected chi connectivity index (χ1v) is 8.55. The highest BCUT2D eigenvalue weighted by Gasteiger charge is 2.27. The summed E-state index contributed by atoms with van der Waals surface area (Å²) in [5, 5.41) is 3.55. The van der Waals surface area contributed by atoms with Crippen molar-refractivity contribution in [3.05, 3.63) is 27.7 Å². The molecule has 0 spiro atoms. The number of nitrogens with zero attached hydrogens (tertiary/aromatic N) is 1. The second-order valence-corrected chi connectivity index (χ2v) is 7.46. The quantitative estimate of drug-likeness (QED) is 0.866. The van der Waals surface area contributed by atoms with Crippen molar-refractivity contribution < 1.29 is 8.42 Å². The molecule has 0 saturated carbocycles. The molecule has 4 nitrogen and oxygen atoms in total. The molecule has 1 unspecified atom stereocenters. The summed E-state index contributed by atoms with van der Waals surface area (Å²) in [5.74, 6) is 0. The van der Waals surface area contributed by atoms with Gasteiger partial charge >= 0.3 is 0 Å². The zero-order chi connectivity index (χ0) is 15.5. The van der Waals surface area contributed by atoms with E-state index in [2.05, 4.69) is 5.32 Å². The van der Waals surface area contributed by atoms with Gasteiger partial charge in [0.2, 0.25) is 10.0 Å². The number of hydrogen-bond acceptors (Lipinski definition) is 3. The van der Waals surface area contributed by atoms with Gasteiger partial charge in [-0.2, -0.15) is 4.31 Å². The smallest absolute Gasteiger partial charge is 0.244 e. The molecular weight excluding hydrogens is 319 g/mol. The van der Waals surface area contributed by atoms with Crippen LogP contribution >= 0.6 is 23.2 Å². The second-order valence-electron chi connectivity index (χ2n) is 4.68. The van der Waals surface area contributed by atoms with Crippen LogP contribution in [0.2, 0.25) is 10.0 Å². The lowest BCUT2D eigenvalue weighted by Crippen LogP contribution is -2.34. The molecule has 0 aliphatic carbocycles. The Labute approximate surface area is 131 Å². The largest absolute Gasteiger partial charge is 0.316 e. The summed E-state index contributed by atoms with van der Waals surface area (Å²) in [6, 6.07) is 2.92. The Kier molecular flexibility index (Phi) is 6.28. The first-order valence-electron chi connectivity index (χ1n) is 6.36. The van der Waals surface area contributed by atoms with Crippen molar-refractivity contribution in [3.8, 4) is 0 Å². The minimum Gasteiger partial charge on any atom is -0.316 e. The molecule has 0 heterocycles. The standard InChI is InChI=1S/C13H20Cl2N2O2S/c1-5-9(2)17(4)20(18,19)13-6-10(8-16-3)11(14)7-12(13)15/h6-7,9,16H,5,8H2,1-4H3. The molecule has 0 bridgehead atoms. The van der Waals surface area contributed by atoms with Gasteiger partial charge in [0.05, 0.1) is 5.02 Å². The van der Waals surface area contributed by atoms with Crippen LogP contribution in [0, 0.1) is 0 Å². The topological polar surface area (TPSA) is 49.4 Å². The van der Waals surface area contributed by atoms with Crippen LogP contribution < -0.4 is 5.32 Å². The highest BCUT2D eigenvalue weighted by Crippen LogP contribution is 2.31. The summed E-state index contributed by atoms with van der Waals surface area (Å²) in [6.07, 6.45) is 0.726. The maximum atomic E-state index is 12.6. The van der Waals surface area contributed by atoms with Crippen molar-refractivity contribution in [1.82, 2.24) is 9.62 Å². The molecule has 1 aromatic carbocycles. The third-order valence-corrected chi connectivity index (χ3v) is 6.13. The van der Waals surface area contributed by atoms with Crippen molar-refractivity contribution in [3.63, 3.8) is 0 Å². The average Bonchev–Trinajstić information content (AvgIpc) is 2.39. The van der Waals surface area contributed by atoms with Gasteiger partial charge in [-0.05, 0) is 38.1 Å². The summed E-state index contributed by atoms with van der Waals surface area (Å²) in [6.45, 7) is 4.27. The summed E-state index contributed by atoms with van der Waals surface area (Å²) in [4.78, 5) is 0.0941. The lowest BCUT2D eigenvalue weighted by Gasteiger charge is -2.24. The van der Waals surface area contributed by atoms with E-state index < -0.39 is 10.0 Å². The molecule has 20 heavy (non-hydrogen) atoms. The van der Waals surface area contributed by atoms with E-state index in [0.717, 1.165) is 6.42 Å². The van der Waals surface area contributed by atoms with Gasteiger partial charge in [-0.3, -0.25) is 0 Å². The van der Waals surface area contributed by atoms with Gasteiger partial charge in [0, 0.05) is 24.7 Å². The average molecular weight is 339 g/mol. The summed E-state index contributed by atoms with van der Waals surface area (Å²) in [7, 11) is -0.294. The van der Waals surface area contributed by atoms with Crippen LogP contribution in [-0.4, -0.2) is 32.9 Å². The van der Waals surface area contributed by atoms with Crippen molar-refractivity contribution in [2.75, 3.05) is 14.1 Å². The third kappa shape index (κ3) is 3.65. The van der Waals surface area contributed by atoms with E-state index in [1.165, 1.54) is 16.4 Å². The number of rotatable bonds is 6. The maximum absolute atomic E-state index is 12.6. The Morgan fingerprint density at radius 2 is 1.90 bits per heavy atom. The van der Waals surface area contributed by atoms with E-state index in [1.54, 1.807) is 14.1 Å². The minimum absolute atomic E-state index is 0.0941. The molecule has 114 valence electrons. The van der Waals surface area contributed by atoms with Crippen LogP contribution in [0.1, 0.15) is 25.8 Å². The fourth-order valence-corrected chi connectivity index (χ4v) is 4.02. The Bertz CT molecular complexity index is 576. The number of benzene rings is 1. The van der Waals surface area contributed by atoms with E-state index in [-0.39, 0.29) is 16.0 Å².